The molecular formula is C23H14Br2N4OS. The van der Waals surface area contributed by atoms with E-state index in [-0.39, 0.29) is 5.91 Å². The molecule has 0 aliphatic carbocycles. The Morgan fingerprint density at radius 1 is 0.935 bits per heavy atom. The fraction of sp³-hybridized carbons (Fsp3) is 0. The zero-order chi connectivity index (χ0) is 21.4. The average Bonchev–Trinajstić information content (AvgIpc) is 3.45. The molecule has 5 nitrogen and oxygen atoms in total. The molecule has 0 aliphatic rings. The molecule has 31 heavy (non-hydrogen) atoms. The highest BCUT2D eigenvalue weighted by Crippen LogP contribution is 2.30. The number of amides is 1. The zero-order valence-electron chi connectivity index (χ0n) is 15.9. The number of anilines is 1. The van der Waals surface area contributed by atoms with E-state index in [1.165, 1.54) is 11.3 Å². The zero-order valence-corrected chi connectivity index (χ0v) is 19.9. The van der Waals surface area contributed by atoms with Gasteiger partial charge >= 0.3 is 0 Å². The van der Waals surface area contributed by atoms with Crippen LogP contribution in [-0.4, -0.2) is 20.3 Å². The molecule has 8 heteroatoms. The largest absolute Gasteiger partial charge is 0.321 e. The molecule has 3 aromatic heterocycles. The van der Waals surface area contributed by atoms with Crippen LogP contribution < -0.4 is 5.32 Å². The molecular weight excluding hydrogens is 540 g/mol. The molecule has 0 bridgehead atoms. The van der Waals surface area contributed by atoms with E-state index < -0.39 is 0 Å². The molecule has 0 aliphatic heterocycles. The Hall–Kier alpha value is -2.81. The Balaban J connectivity index is 1.39. The molecule has 0 saturated heterocycles. The first-order valence-electron chi connectivity index (χ1n) is 9.32. The van der Waals surface area contributed by atoms with E-state index in [9.17, 15) is 4.79 Å². The Bertz CT molecular complexity index is 1430. The summed E-state index contributed by atoms with van der Waals surface area (Å²) in [7, 11) is 0. The van der Waals surface area contributed by atoms with Crippen molar-refractivity contribution in [3.05, 3.63) is 93.2 Å². The lowest BCUT2D eigenvalue weighted by Gasteiger charge is -2.05. The highest BCUT2D eigenvalue weighted by Gasteiger charge is 2.13. The number of aromatic nitrogens is 3. The lowest BCUT2D eigenvalue weighted by Crippen LogP contribution is -2.12. The molecule has 5 rings (SSSR count). The number of nitrogens with one attached hydrogen (secondary N) is 1. The average molecular weight is 554 g/mol. The van der Waals surface area contributed by atoms with Gasteiger partial charge in [-0.3, -0.25) is 4.79 Å². The van der Waals surface area contributed by atoms with Crippen LogP contribution in [0.25, 0.3) is 27.3 Å². The Morgan fingerprint density at radius 3 is 2.65 bits per heavy atom. The molecule has 0 atom stereocenters. The van der Waals surface area contributed by atoms with E-state index in [4.69, 9.17) is 0 Å². The summed E-state index contributed by atoms with van der Waals surface area (Å²) in [5.74, 6) is -0.238. The second kappa shape index (κ2) is 8.37. The highest BCUT2D eigenvalue weighted by atomic mass is 79.9. The number of benzene rings is 2. The SMILES string of the molecule is O=C(Nc1ccc(Br)c(Br)c1)c1csc(-c2cccc(-c3ccn4ccnc4c3)c2)n1. The number of rotatable bonds is 4. The summed E-state index contributed by atoms with van der Waals surface area (Å²) in [6.07, 6.45) is 5.70. The molecule has 1 amide bonds. The van der Waals surface area contributed by atoms with Gasteiger partial charge in [0.15, 0.2) is 0 Å². The van der Waals surface area contributed by atoms with Crippen molar-refractivity contribution in [1.82, 2.24) is 14.4 Å². The van der Waals surface area contributed by atoms with E-state index in [2.05, 4.69) is 71.4 Å². The van der Waals surface area contributed by atoms with Gasteiger partial charge < -0.3 is 9.72 Å². The summed E-state index contributed by atoms with van der Waals surface area (Å²) in [5, 5.41) is 5.46. The number of pyridine rings is 1. The van der Waals surface area contributed by atoms with Crippen LogP contribution in [0.3, 0.4) is 0 Å². The summed E-state index contributed by atoms with van der Waals surface area (Å²) >= 11 is 8.32. The van der Waals surface area contributed by atoms with Gasteiger partial charge in [0.05, 0.1) is 0 Å². The third kappa shape index (κ3) is 4.19. The molecule has 0 saturated carbocycles. The number of imidazole rings is 1. The lowest BCUT2D eigenvalue weighted by atomic mass is 10.0. The van der Waals surface area contributed by atoms with E-state index in [0.29, 0.717) is 11.4 Å². The molecule has 0 unspecified atom stereocenters. The topological polar surface area (TPSA) is 59.3 Å². The summed E-state index contributed by atoms with van der Waals surface area (Å²) in [6, 6.07) is 17.8. The maximum atomic E-state index is 12.6. The fourth-order valence-corrected chi connectivity index (χ4v) is 4.62. The summed E-state index contributed by atoms with van der Waals surface area (Å²) in [4.78, 5) is 21.6. The van der Waals surface area contributed by atoms with Crippen molar-refractivity contribution in [1.29, 1.82) is 0 Å². The van der Waals surface area contributed by atoms with Crippen LogP contribution in [0.2, 0.25) is 0 Å². The van der Waals surface area contributed by atoms with Crippen LogP contribution in [0.5, 0.6) is 0 Å². The van der Waals surface area contributed by atoms with Gasteiger partial charge in [0.1, 0.15) is 16.3 Å². The number of carbonyl (C=O) groups excluding carboxylic acids is 1. The molecule has 152 valence electrons. The van der Waals surface area contributed by atoms with E-state index in [0.717, 1.165) is 36.3 Å². The molecule has 0 fully saturated rings. The van der Waals surface area contributed by atoms with Crippen LogP contribution in [-0.2, 0) is 0 Å². The normalized spacial score (nSPS) is 11.0. The van der Waals surface area contributed by atoms with Crippen molar-refractivity contribution in [2.45, 2.75) is 0 Å². The van der Waals surface area contributed by atoms with E-state index in [1.54, 1.807) is 11.6 Å². The highest BCUT2D eigenvalue weighted by molar-refractivity contribution is 9.13. The third-order valence-corrected chi connectivity index (χ3v) is 7.53. The lowest BCUT2D eigenvalue weighted by molar-refractivity contribution is 0.102. The van der Waals surface area contributed by atoms with Crippen molar-refractivity contribution in [3.63, 3.8) is 0 Å². The van der Waals surface area contributed by atoms with Crippen LogP contribution in [0, 0.1) is 0 Å². The monoisotopic (exact) mass is 552 g/mol. The number of fused-ring (bicyclic) bond motifs is 1. The van der Waals surface area contributed by atoms with Crippen molar-refractivity contribution < 1.29 is 4.79 Å². The fourth-order valence-electron chi connectivity index (χ4n) is 3.20. The maximum Gasteiger partial charge on any atom is 0.275 e. The Kier molecular flexibility index (Phi) is 5.43. The first kappa shape index (κ1) is 20.1. The standard InChI is InChI=1S/C23H14Br2N4OS/c24-18-5-4-17(12-19(18)25)27-22(30)20-13-31-23(28-20)16-3-1-2-14(10-16)15-6-8-29-9-7-26-21(29)11-15/h1-13H,(H,27,30). The van der Waals surface area contributed by atoms with Crippen LogP contribution in [0.4, 0.5) is 5.69 Å². The minimum atomic E-state index is -0.238. The van der Waals surface area contributed by atoms with Crippen molar-refractivity contribution in [3.8, 4) is 21.7 Å². The summed E-state index contributed by atoms with van der Waals surface area (Å²) in [5.41, 5.74) is 5.11. The van der Waals surface area contributed by atoms with Crippen LogP contribution in [0.1, 0.15) is 10.5 Å². The third-order valence-electron chi connectivity index (χ3n) is 4.76. The van der Waals surface area contributed by atoms with Crippen molar-refractivity contribution in [2.24, 2.45) is 0 Å². The summed E-state index contributed by atoms with van der Waals surface area (Å²) < 4.78 is 3.77. The van der Waals surface area contributed by atoms with Gasteiger partial charge in [-0.25, -0.2) is 9.97 Å². The second-order valence-corrected chi connectivity index (χ2v) is 9.38. The van der Waals surface area contributed by atoms with Crippen LogP contribution in [0.15, 0.2) is 87.5 Å². The molecule has 2 aromatic carbocycles. The number of hydrogen-bond donors (Lipinski definition) is 1. The number of thiazole rings is 1. The van der Waals surface area contributed by atoms with Crippen molar-refractivity contribution >= 4 is 60.4 Å². The number of hydrogen-bond acceptors (Lipinski definition) is 4. The van der Waals surface area contributed by atoms with Gasteiger partial charge in [-0.1, -0.05) is 18.2 Å². The van der Waals surface area contributed by atoms with Gasteiger partial charge in [0.25, 0.3) is 5.91 Å². The Labute approximate surface area is 199 Å². The first-order chi connectivity index (χ1) is 15.1. The van der Waals surface area contributed by atoms with Gasteiger partial charge in [-0.05, 0) is 79.4 Å². The molecule has 5 aromatic rings. The molecule has 0 radical (unpaired) electrons. The minimum Gasteiger partial charge on any atom is -0.321 e. The second-order valence-electron chi connectivity index (χ2n) is 6.81. The van der Waals surface area contributed by atoms with E-state index >= 15 is 0 Å². The van der Waals surface area contributed by atoms with E-state index in [1.807, 2.05) is 47.1 Å². The number of nitrogens with zero attached hydrogens (tertiary/aromatic N) is 3. The predicted octanol–water partition coefficient (Wildman–Crippen LogP) is 6.90. The van der Waals surface area contributed by atoms with Crippen molar-refractivity contribution in [2.75, 3.05) is 5.32 Å². The summed E-state index contributed by atoms with van der Waals surface area (Å²) in [6.45, 7) is 0. The minimum absolute atomic E-state index is 0.238. The number of carbonyl (C=O) groups is 1. The van der Waals surface area contributed by atoms with Crippen LogP contribution >= 0.6 is 43.2 Å². The smallest absolute Gasteiger partial charge is 0.275 e. The van der Waals surface area contributed by atoms with Gasteiger partial charge in [0.2, 0.25) is 0 Å². The maximum absolute atomic E-state index is 12.6. The van der Waals surface area contributed by atoms with Gasteiger partial charge in [-0.15, -0.1) is 11.3 Å². The molecule has 3 heterocycles. The Morgan fingerprint density at radius 2 is 1.77 bits per heavy atom. The quantitative estimate of drug-likeness (QED) is 0.263. The van der Waals surface area contributed by atoms with Gasteiger partial charge in [-0.2, -0.15) is 0 Å². The van der Waals surface area contributed by atoms with Gasteiger partial charge in [0, 0.05) is 44.2 Å². The first-order valence-corrected chi connectivity index (χ1v) is 11.8. The molecule has 0 spiro atoms. The molecule has 1 N–H and O–H groups in total. The predicted molar refractivity (Wildman–Crippen MR) is 132 cm³/mol. The number of halogens is 2.